The molecular weight excluding hydrogens is 237 g/mol. The van der Waals surface area contributed by atoms with E-state index in [2.05, 4.69) is 5.10 Å². The molecule has 0 aromatic carbocycles. The molecule has 0 aliphatic rings. The van der Waals surface area contributed by atoms with Gasteiger partial charge < -0.3 is 5.11 Å². The van der Waals surface area contributed by atoms with Crippen molar-refractivity contribution in [2.24, 2.45) is 5.92 Å². The molecule has 17 heavy (non-hydrogen) atoms. The van der Waals surface area contributed by atoms with Gasteiger partial charge in [0.25, 0.3) is 0 Å². The second kappa shape index (κ2) is 4.77. The third-order valence-electron chi connectivity index (χ3n) is 2.38. The zero-order chi connectivity index (χ0) is 13.2. The molecule has 0 unspecified atom stereocenters. The fourth-order valence-corrected chi connectivity index (χ4v) is 1.37. The van der Waals surface area contributed by atoms with E-state index in [4.69, 9.17) is 5.11 Å². The van der Waals surface area contributed by atoms with Gasteiger partial charge in [-0.3, -0.25) is 9.48 Å². The summed E-state index contributed by atoms with van der Waals surface area (Å²) >= 11 is 0. The average molecular weight is 250 g/mol. The van der Waals surface area contributed by atoms with Crippen LogP contribution in [0.3, 0.4) is 0 Å². The number of aliphatic carboxylic acids is 1. The predicted molar refractivity (Wildman–Crippen MR) is 53.4 cm³/mol. The van der Waals surface area contributed by atoms with Crippen LogP contribution in [0.4, 0.5) is 13.2 Å². The minimum Gasteiger partial charge on any atom is -0.481 e. The molecule has 1 heterocycles. The Kier molecular flexibility index (Phi) is 3.79. The van der Waals surface area contributed by atoms with Gasteiger partial charge in [-0.2, -0.15) is 18.3 Å². The molecule has 0 saturated heterocycles. The summed E-state index contributed by atoms with van der Waals surface area (Å²) in [5.74, 6) is -1.84. The number of rotatable bonds is 4. The second-order valence-electron chi connectivity index (χ2n) is 3.79. The number of carboxylic acid groups (broad SMARTS) is 1. The van der Waals surface area contributed by atoms with Crippen LogP contribution in [-0.2, 0) is 23.9 Å². The summed E-state index contributed by atoms with van der Waals surface area (Å²) in [5.41, 5.74) is -0.600. The largest absolute Gasteiger partial charge is 0.481 e. The zero-order valence-corrected chi connectivity index (χ0v) is 9.45. The van der Waals surface area contributed by atoms with Crippen molar-refractivity contribution in [3.05, 3.63) is 17.5 Å². The van der Waals surface area contributed by atoms with Gasteiger partial charge in [0.2, 0.25) is 0 Å². The molecule has 4 nitrogen and oxygen atoms in total. The van der Waals surface area contributed by atoms with E-state index < -0.39 is 23.8 Å². The third kappa shape index (κ3) is 3.21. The SMILES string of the molecule is CCc1cc(C(F)(F)F)nn1C[C@H](C)C(=O)O. The van der Waals surface area contributed by atoms with Crippen molar-refractivity contribution in [3.8, 4) is 0 Å². The fourth-order valence-electron chi connectivity index (χ4n) is 1.37. The lowest BCUT2D eigenvalue weighted by Gasteiger charge is -2.09. The Morgan fingerprint density at radius 2 is 2.18 bits per heavy atom. The van der Waals surface area contributed by atoms with E-state index in [1.54, 1.807) is 6.92 Å². The first-order valence-corrected chi connectivity index (χ1v) is 5.12. The molecule has 0 amide bonds. The number of aromatic nitrogens is 2. The molecule has 0 radical (unpaired) electrons. The molecular formula is C10H13F3N2O2. The lowest BCUT2D eigenvalue weighted by atomic mass is 10.2. The molecule has 0 fully saturated rings. The van der Waals surface area contributed by atoms with Gasteiger partial charge in [0.05, 0.1) is 12.5 Å². The number of aryl methyl sites for hydroxylation is 1. The first-order valence-electron chi connectivity index (χ1n) is 5.12. The van der Waals surface area contributed by atoms with Crippen LogP contribution in [0.2, 0.25) is 0 Å². The van der Waals surface area contributed by atoms with Crippen molar-refractivity contribution < 1.29 is 23.1 Å². The number of hydrogen-bond acceptors (Lipinski definition) is 2. The van der Waals surface area contributed by atoms with Gasteiger partial charge in [-0.1, -0.05) is 13.8 Å². The number of alkyl halides is 3. The van der Waals surface area contributed by atoms with Crippen molar-refractivity contribution in [1.82, 2.24) is 9.78 Å². The molecule has 0 aliphatic carbocycles. The fraction of sp³-hybridized carbons (Fsp3) is 0.600. The Balaban J connectivity index is 2.99. The van der Waals surface area contributed by atoms with Gasteiger partial charge in [0.15, 0.2) is 5.69 Å². The quantitative estimate of drug-likeness (QED) is 0.891. The van der Waals surface area contributed by atoms with E-state index in [0.717, 1.165) is 10.7 Å². The second-order valence-corrected chi connectivity index (χ2v) is 3.79. The molecule has 1 aromatic heterocycles. The Hall–Kier alpha value is -1.53. The molecule has 0 spiro atoms. The lowest BCUT2D eigenvalue weighted by molar-refractivity contribution is -0.141. The van der Waals surface area contributed by atoms with Crippen molar-refractivity contribution in [2.75, 3.05) is 0 Å². The van der Waals surface area contributed by atoms with Crippen LogP contribution in [0.5, 0.6) is 0 Å². The van der Waals surface area contributed by atoms with Crippen LogP contribution < -0.4 is 0 Å². The minimum absolute atomic E-state index is 0.0609. The number of carboxylic acids is 1. The zero-order valence-electron chi connectivity index (χ0n) is 9.45. The highest BCUT2D eigenvalue weighted by molar-refractivity contribution is 5.69. The number of hydrogen-bond donors (Lipinski definition) is 1. The van der Waals surface area contributed by atoms with E-state index in [1.807, 2.05) is 0 Å². The smallest absolute Gasteiger partial charge is 0.435 e. The number of halogens is 3. The number of nitrogens with zero attached hydrogens (tertiary/aromatic N) is 2. The minimum atomic E-state index is -4.50. The van der Waals surface area contributed by atoms with Crippen LogP contribution in [0.15, 0.2) is 6.07 Å². The van der Waals surface area contributed by atoms with Crippen molar-refractivity contribution in [1.29, 1.82) is 0 Å². The summed E-state index contributed by atoms with van der Waals surface area (Å²) in [6.07, 6.45) is -4.13. The highest BCUT2D eigenvalue weighted by Crippen LogP contribution is 2.28. The summed E-state index contributed by atoms with van der Waals surface area (Å²) < 4.78 is 38.4. The van der Waals surface area contributed by atoms with Crippen LogP contribution in [0.25, 0.3) is 0 Å². The Morgan fingerprint density at radius 3 is 2.59 bits per heavy atom. The molecule has 0 saturated carbocycles. The maximum Gasteiger partial charge on any atom is 0.435 e. The highest BCUT2D eigenvalue weighted by Gasteiger charge is 2.34. The van der Waals surface area contributed by atoms with Gasteiger partial charge in [-0.05, 0) is 12.5 Å². The molecule has 1 rings (SSSR count). The van der Waals surface area contributed by atoms with Gasteiger partial charge >= 0.3 is 12.1 Å². The Morgan fingerprint density at radius 1 is 1.59 bits per heavy atom. The van der Waals surface area contributed by atoms with Crippen molar-refractivity contribution in [2.45, 2.75) is 33.0 Å². The molecule has 0 aliphatic heterocycles. The summed E-state index contributed by atoms with van der Waals surface area (Å²) in [5, 5.41) is 12.1. The molecule has 1 N–H and O–H groups in total. The summed E-state index contributed by atoms with van der Waals surface area (Å²) in [7, 11) is 0. The first kappa shape index (κ1) is 13.5. The first-order chi connectivity index (χ1) is 7.75. The lowest BCUT2D eigenvalue weighted by Crippen LogP contribution is -2.19. The maximum atomic E-state index is 12.4. The van der Waals surface area contributed by atoms with Crippen molar-refractivity contribution >= 4 is 5.97 Å². The van der Waals surface area contributed by atoms with E-state index in [-0.39, 0.29) is 6.54 Å². The molecule has 96 valence electrons. The average Bonchev–Trinajstić information content (AvgIpc) is 2.60. The van der Waals surface area contributed by atoms with E-state index >= 15 is 0 Å². The van der Waals surface area contributed by atoms with Crippen LogP contribution in [0.1, 0.15) is 25.2 Å². The topological polar surface area (TPSA) is 55.1 Å². The summed E-state index contributed by atoms with van der Waals surface area (Å²) in [6, 6.07) is 0.953. The third-order valence-corrected chi connectivity index (χ3v) is 2.38. The van der Waals surface area contributed by atoms with Crippen LogP contribution >= 0.6 is 0 Å². The van der Waals surface area contributed by atoms with Crippen molar-refractivity contribution in [3.63, 3.8) is 0 Å². The Bertz CT molecular complexity index is 412. The van der Waals surface area contributed by atoms with Gasteiger partial charge in [-0.15, -0.1) is 0 Å². The monoisotopic (exact) mass is 250 g/mol. The summed E-state index contributed by atoms with van der Waals surface area (Å²) in [4.78, 5) is 10.6. The molecule has 1 atom stereocenters. The molecule has 7 heteroatoms. The Labute approximate surface area is 96.0 Å². The van der Waals surface area contributed by atoms with Gasteiger partial charge in [0.1, 0.15) is 0 Å². The van der Waals surface area contributed by atoms with E-state index in [0.29, 0.717) is 12.1 Å². The van der Waals surface area contributed by atoms with Gasteiger partial charge in [0, 0.05) is 5.69 Å². The standard InChI is InChI=1S/C10H13F3N2O2/c1-3-7-4-8(10(11,12)13)14-15(7)5-6(2)9(16)17/h4,6H,3,5H2,1-2H3,(H,16,17)/t6-/m0/s1. The number of carbonyl (C=O) groups is 1. The normalized spacial score (nSPS) is 13.7. The van der Waals surface area contributed by atoms with Crippen LogP contribution in [-0.4, -0.2) is 20.9 Å². The van der Waals surface area contributed by atoms with E-state index in [9.17, 15) is 18.0 Å². The predicted octanol–water partition coefficient (Wildman–Crippen LogP) is 2.18. The van der Waals surface area contributed by atoms with E-state index in [1.165, 1.54) is 6.92 Å². The highest BCUT2D eigenvalue weighted by atomic mass is 19.4. The summed E-state index contributed by atoms with van der Waals surface area (Å²) in [6.45, 7) is 3.06. The maximum absolute atomic E-state index is 12.4. The van der Waals surface area contributed by atoms with Crippen LogP contribution in [0, 0.1) is 5.92 Å². The molecule has 0 bridgehead atoms. The van der Waals surface area contributed by atoms with Gasteiger partial charge in [-0.25, -0.2) is 0 Å². The molecule has 1 aromatic rings.